The standard InChI is InChI=1S/C21H22ClNO/c1-2-3-4-9-14-23-15-18(16-10-6-8-13-20(16)23)21(24)17-11-5-7-12-19(17)22/h5-8,10-13,15H,2-4,9,14H2,1H3. The lowest BCUT2D eigenvalue weighted by molar-refractivity contribution is 0.104. The number of hydrogen-bond donors (Lipinski definition) is 0. The Balaban J connectivity index is 1.96. The maximum absolute atomic E-state index is 13.0. The molecule has 3 rings (SSSR count). The van der Waals surface area contributed by atoms with Crippen LogP contribution in [-0.2, 0) is 6.54 Å². The second kappa shape index (κ2) is 7.67. The van der Waals surface area contributed by atoms with Gasteiger partial charge in [0.25, 0.3) is 0 Å². The van der Waals surface area contributed by atoms with Gasteiger partial charge in [0.05, 0.1) is 5.02 Å². The molecule has 0 atom stereocenters. The van der Waals surface area contributed by atoms with E-state index in [4.69, 9.17) is 11.6 Å². The van der Waals surface area contributed by atoms with Gasteiger partial charge in [0.1, 0.15) is 0 Å². The lowest BCUT2D eigenvalue weighted by Crippen LogP contribution is -2.02. The van der Waals surface area contributed by atoms with Crippen molar-refractivity contribution in [3.8, 4) is 0 Å². The van der Waals surface area contributed by atoms with Crippen LogP contribution in [0.4, 0.5) is 0 Å². The Morgan fingerprint density at radius 2 is 1.71 bits per heavy atom. The number of aromatic nitrogens is 1. The van der Waals surface area contributed by atoms with E-state index in [0.717, 1.165) is 29.4 Å². The van der Waals surface area contributed by atoms with E-state index in [1.807, 2.05) is 36.5 Å². The molecule has 0 unspecified atom stereocenters. The van der Waals surface area contributed by atoms with Gasteiger partial charge in [-0.05, 0) is 24.6 Å². The SMILES string of the molecule is CCCCCCn1cc(C(=O)c2ccccc2Cl)c2ccccc21. The number of para-hydroxylation sites is 1. The Bertz CT molecular complexity index is 850. The maximum atomic E-state index is 13.0. The van der Waals surface area contributed by atoms with E-state index in [1.54, 1.807) is 12.1 Å². The lowest BCUT2D eigenvalue weighted by Gasteiger charge is -2.04. The van der Waals surface area contributed by atoms with E-state index in [9.17, 15) is 4.79 Å². The van der Waals surface area contributed by atoms with Crippen molar-refractivity contribution in [2.75, 3.05) is 0 Å². The van der Waals surface area contributed by atoms with Gasteiger partial charge in [0, 0.05) is 34.8 Å². The van der Waals surface area contributed by atoms with Crippen LogP contribution in [0.2, 0.25) is 5.02 Å². The lowest BCUT2D eigenvalue weighted by atomic mass is 10.0. The average Bonchev–Trinajstić information content (AvgIpc) is 2.98. The number of nitrogens with zero attached hydrogens (tertiary/aromatic N) is 1. The molecule has 0 radical (unpaired) electrons. The summed E-state index contributed by atoms with van der Waals surface area (Å²) in [5.41, 5.74) is 2.41. The first-order valence-corrected chi connectivity index (χ1v) is 8.97. The van der Waals surface area contributed by atoms with Crippen molar-refractivity contribution in [3.63, 3.8) is 0 Å². The van der Waals surface area contributed by atoms with Crippen molar-refractivity contribution in [3.05, 3.63) is 70.9 Å². The molecule has 0 saturated carbocycles. The van der Waals surface area contributed by atoms with Gasteiger partial charge in [0.2, 0.25) is 0 Å². The summed E-state index contributed by atoms with van der Waals surface area (Å²) in [6, 6.07) is 15.3. The molecule has 2 aromatic carbocycles. The quantitative estimate of drug-likeness (QED) is 0.376. The predicted octanol–water partition coefficient (Wildman–Crippen LogP) is 6.11. The summed E-state index contributed by atoms with van der Waals surface area (Å²) in [5, 5.41) is 1.50. The summed E-state index contributed by atoms with van der Waals surface area (Å²) in [6.45, 7) is 3.15. The molecule has 0 aliphatic rings. The Kier molecular flexibility index (Phi) is 5.37. The van der Waals surface area contributed by atoms with Crippen molar-refractivity contribution >= 4 is 28.3 Å². The van der Waals surface area contributed by atoms with Crippen molar-refractivity contribution < 1.29 is 4.79 Å². The molecule has 3 heteroatoms. The third-order valence-electron chi connectivity index (χ3n) is 4.40. The summed E-state index contributed by atoms with van der Waals surface area (Å²) in [5.74, 6) is -0.0101. The maximum Gasteiger partial charge on any atom is 0.196 e. The van der Waals surface area contributed by atoms with Crippen LogP contribution in [0.15, 0.2) is 54.7 Å². The minimum absolute atomic E-state index is 0.0101. The number of halogens is 1. The van der Waals surface area contributed by atoms with E-state index in [1.165, 1.54) is 19.3 Å². The van der Waals surface area contributed by atoms with Crippen molar-refractivity contribution in [2.45, 2.75) is 39.2 Å². The van der Waals surface area contributed by atoms with Gasteiger partial charge in [0.15, 0.2) is 5.78 Å². The molecule has 0 N–H and O–H groups in total. The predicted molar refractivity (Wildman–Crippen MR) is 101 cm³/mol. The fourth-order valence-corrected chi connectivity index (χ4v) is 3.33. The van der Waals surface area contributed by atoms with Crippen molar-refractivity contribution in [2.24, 2.45) is 0 Å². The molecule has 0 fully saturated rings. The second-order valence-corrected chi connectivity index (χ2v) is 6.53. The Hall–Kier alpha value is -2.06. The van der Waals surface area contributed by atoms with Crippen molar-refractivity contribution in [1.29, 1.82) is 0 Å². The summed E-state index contributed by atoms with van der Waals surface area (Å²) < 4.78 is 2.20. The fourth-order valence-electron chi connectivity index (χ4n) is 3.11. The van der Waals surface area contributed by atoms with Crippen LogP contribution in [0.25, 0.3) is 10.9 Å². The van der Waals surface area contributed by atoms with Crippen LogP contribution >= 0.6 is 11.6 Å². The number of hydrogen-bond acceptors (Lipinski definition) is 1. The minimum Gasteiger partial charge on any atom is -0.347 e. The van der Waals surface area contributed by atoms with Crippen LogP contribution in [0.3, 0.4) is 0 Å². The van der Waals surface area contributed by atoms with Crippen LogP contribution < -0.4 is 0 Å². The zero-order valence-electron chi connectivity index (χ0n) is 14.0. The Labute approximate surface area is 148 Å². The number of ketones is 1. The number of benzene rings is 2. The molecule has 0 spiro atoms. The van der Waals surface area contributed by atoms with E-state index < -0.39 is 0 Å². The number of fused-ring (bicyclic) bond motifs is 1. The summed E-state index contributed by atoms with van der Waals surface area (Å²) in [7, 11) is 0. The molecule has 1 aromatic heterocycles. The van der Waals surface area contributed by atoms with Gasteiger partial charge < -0.3 is 4.57 Å². The summed E-state index contributed by atoms with van der Waals surface area (Å²) in [6.07, 6.45) is 6.82. The van der Waals surface area contributed by atoms with Crippen molar-refractivity contribution in [1.82, 2.24) is 4.57 Å². The first kappa shape index (κ1) is 16.8. The highest BCUT2D eigenvalue weighted by atomic mass is 35.5. The molecule has 0 aliphatic heterocycles. The molecule has 124 valence electrons. The highest BCUT2D eigenvalue weighted by Crippen LogP contribution is 2.27. The largest absolute Gasteiger partial charge is 0.347 e. The van der Waals surface area contributed by atoms with E-state index in [-0.39, 0.29) is 5.78 Å². The second-order valence-electron chi connectivity index (χ2n) is 6.12. The molecule has 0 saturated heterocycles. The highest BCUT2D eigenvalue weighted by Gasteiger charge is 2.18. The topological polar surface area (TPSA) is 22.0 Å². The first-order chi connectivity index (χ1) is 11.7. The van der Waals surface area contributed by atoms with Gasteiger partial charge in [-0.3, -0.25) is 4.79 Å². The molecular formula is C21H22ClNO. The first-order valence-electron chi connectivity index (χ1n) is 8.59. The molecule has 2 nitrogen and oxygen atoms in total. The van der Waals surface area contributed by atoms with Gasteiger partial charge in [-0.2, -0.15) is 0 Å². The van der Waals surface area contributed by atoms with Crippen LogP contribution in [-0.4, -0.2) is 10.4 Å². The number of rotatable bonds is 7. The molecule has 1 heterocycles. The van der Waals surface area contributed by atoms with E-state index in [2.05, 4.69) is 17.6 Å². The number of unbranched alkanes of at least 4 members (excludes halogenated alkanes) is 3. The highest BCUT2D eigenvalue weighted by molar-refractivity contribution is 6.35. The number of carbonyl (C=O) groups excluding carboxylic acids is 1. The number of aryl methyl sites for hydroxylation is 1. The molecule has 0 bridgehead atoms. The van der Waals surface area contributed by atoms with E-state index >= 15 is 0 Å². The Morgan fingerprint density at radius 3 is 2.50 bits per heavy atom. The van der Waals surface area contributed by atoms with Crippen LogP contribution in [0.5, 0.6) is 0 Å². The summed E-state index contributed by atoms with van der Waals surface area (Å²) in [4.78, 5) is 13.0. The van der Waals surface area contributed by atoms with Gasteiger partial charge in [-0.25, -0.2) is 0 Å². The molecular weight excluding hydrogens is 318 g/mol. The third-order valence-corrected chi connectivity index (χ3v) is 4.73. The monoisotopic (exact) mass is 339 g/mol. The zero-order valence-corrected chi connectivity index (χ0v) is 14.7. The van der Waals surface area contributed by atoms with Gasteiger partial charge >= 0.3 is 0 Å². The molecule has 24 heavy (non-hydrogen) atoms. The molecule has 3 aromatic rings. The normalized spacial score (nSPS) is 11.1. The smallest absolute Gasteiger partial charge is 0.196 e. The zero-order chi connectivity index (χ0) is 16.9. The van der Waals surface area contributed by atoms with E-state index in [0.29, 0.717) is 10.6 Å². The number of carbonyl (C=O) groups is 1. The average molecular weight is 340 g/mol. The van der Waals surface area contributed by atoms with Gasteiger partial charge in [-0.1, -0.05) is 68.1 Å². The third kappa shape index (κ3) is 3.39. The summed E-state index contributed by atoms with van der Waals surface area (Å²) >= 11 is 6.22. The molecule has 0 amide bonds. The van der Waals surface area contributed by atoms with Gasteiger partial charge in [-0.15, -0.1) is 0 Å². The van der Waals surface area contributed by atoms with Crippen LogP contribution in [0, 0.1) is 0 Å². The molecule has 0 aliphatic carbocycles. The minimum atomic E-state index is -0.0101. The Morgan fingerprint density at radius 1 is 0.958 bits per heavy atom. The van der Waals surface area contributed by atoms with Crippen LogP contribution in [0.1, 0.15) is 48.5 Å². The fraction of sp³-hybridized carbons (Fsp3) is 0.286.